The molecule has 3 heterocycles. The maximum absolute atomic E-state index is 14.0. The molecule has 1 atom stereocenters. The summed E-state index contributed by atoms with van der Waals surface area (Å²) in [5.41, 5.74) is 3.43. The highest BCUT2D eigenvalue weighted by Gasteiger charge is 2.48. The maximum atomic E-state index is 14.0. The van der Waals surface area contributed by atoms with E-state index in [1.54, 1.807) is 13.0 Å². The van der Waals surface area contributed by atoms with Crippen LogP contribution in [-0.4, -0.2) is 58.1 Å². The smallest absolute Gasteiger partial charge is 0.410 e. The summed E-state index contributed by atoms with van der Waals surface area (Å²) in [6.07, 6.45) is 1.31. The molecule has 0 bridgehead atoms. The van der Waals surface area contributed by atoms with Gasteiger partial charge in [-0.1, -0.05) is 91.0 Å². The first-order chi connectivity index (χ1) is 25.4. The Morgan fingerprint density at radius 2 is 1.43 bits per heavy atom. The molecule has 270 valence electrons. The van der Waals surface area contributed by atoms with E-state index in [-0.39, 0.29) is 12.5 Å². The minimum absolute atomic E-state index is 0.0574. The molecule has 1 N–H and O–H groups in total. The van der Waals surface area contributed by atoms with Crippen molar-refractivity contribution in [1.82, 2.24) is 14.7 Å². The SMILES string of the molecule is COC1(C(=O)Nc2ccc3c(c2)c(-c2cc[n+]([O-])c(C)c2)nn3C(c2ccccc2)(c2ccccc2)c2ccccc2)CCN(C(=O)OC(C)(C)C)C1. The Balaban J connectivity index is 1.40. The Morgan fingerprint density at radius 1 is 0.849 bits per heavy atom. The lowest BCUT2D eigenvalue weighted by Crippen LogP contribution is -2.48. The third kappa shape index (κ3) is 6.51. The lowest BCUT2D eigenvalue weighted by atomic mass is 9.77. The van der Waals surface area contributed by atoms with Crippen LogP contribution in [0.2, 0.25) is 0 Å². The normalized spacial score (nSPS) is 16.1. The summed E-state index contributed by atoms with van der Waals surface area (Å²) in [6.45, 7) is 7.56. The Bertz CT molecular complexity index is 2170. The molecule has 10 nitrogen and oxygen atoms in total. The monoisotopic (exact) mass is 709 g/mol. The molecule has 6 aromatic rings. The fraction of sp³-hybridized carbons (Fsp3) is 0.256. The molecular formula is C43H43N5O5. The molecule has 0 aliphatic carbocycles. The fourth-order valence-electron chi connectivity index (χ4n) is 7.27. The number of rotatable bonds is 8. The van der Waals surface area contributed by atoms with E-state index in [9.17, 15) is 14.8 Å². The van der Waals surface area contributed by atoms with Crippen molar-refractivity contribution < 1.29 is 23.8 Å². The van der Waals surface area contributed by atoms with Crippen LogP contribution in [0.3, 0.4) is 0 Å². The summed E-state index contributed by atoms with van der Waals surface area (Å²) >= 11 is 0. The van der Waals surface area contributed by atoms with Crippen LogP contribution in [0, 0.1) is 12.1 Å². The van der Waals surface area contributed by atoms with Gasteiger partial charge in [0.05, 0.1) is 12.1 Å². The first kappa shape index (κ1) is 35.4. The van der Waals surface area contributed by atoms with Gasteiger partial charge in [-0.25, -0.2) is 9.48 Å². The highest BCUT2D eigenvalue weighted by molar-refractivity contribution is 6.02. The number of methoxy groups -OCH3 is 1. The number of nitrogens with zero attached hydrogens (tertiary/aromatic N) is 4. The van der Waals surface area contributed by atoms with Gasteiger partial charge in [0.2, 0.25) is 0 Å². The van der Waals surface area contributed by atoms with Gasteiger partial charge in [0, 0.05) is 55.8 Å². The molecule has 0 saturated carbocycles. The van der Waals surface area contributed by atoms with Gasteiger partial charge in [0.25, 0.3) is 5.91 Å². The largest absolute Gasteiger partial charge is 0.619 e. The van der Waals surface area contributed by atoms with E-state index in [1.165, 1.54) is 18.2 Å². The van der Waals surface area contributed by atoms with Crippen LogP contribution in [0.15, 0.2) is 128 Å². The van der Waals surface area contributed by atoms with E-state index in [4.69, 9.17) is 14.6 Å². The summed E-state index contributed by atoms with van der Waals surface area (Å²) < 4.78 is 14.3. The molecule has 1 fully saturated rings. The fourth-order valence-corrected chi connectivity index (χ4v) is 7.27. The molecular weight excluding hydrogens is 667 g/mol. The minimum Gasteiger partial charge on any atom is -0.619 e. The van der Waals surface area contributed by atoms with Crippen LogP contribution in [0.1, 0.15) is 49.6 Å². The van der Waals surface area contributed by atoms with Crippen LogP contribution in [-0.2, 0) is 19.8 Å². The number of ether oxygens (including phenoxy) is 2. The molecule has 2 amide bonds. The second kappa shape index (κ2) is 13.9. The maximum Gasteiger partial charge on any atom is 0.410 e. The second-order valence-corrected chi connectivity index (χ2v) is 14.5. The van der Waals surface area contributed by atoms with Crippen LogP contribution in [0.5, 0.6) is 0 Å². The third-order valence-corrected chi connectivity index (χ3v) is 9.89. The summed E-state index contributed by atoms with van der Waals surface area (Å²) in [5.74, 6) is -0.366. The van der Waals surface area contributed by atoms with Crippen molar-refractivity contribution in [3.63, 3.8) is 0 Å². The summed E-state index contributed by atoms with van der Waals surface area (Å²) in [5, 5.41) is 21.8. The van der Waals surface area contributed by atoms with E-state index in [2.05, 4.69) is 46.4 Å². The molecule has 1 aliphatic heterocycles. The Kier molecular flexibility index (Phi) is 9.25. The minimum atomic E-state index is -1.26. The van der Waals surface area contributed by atoms with Crippen molar-refractivity contribution in [1.29, 1.82) is 0 Å². The molecule has 4 aromatic carbocycles. The number of anilines is 1. The van der Waals surface area contributed by atoms with Crippen molar-refractivity contribution in [3.8, 4) is 11.3 Å². The van der Waals surface area contributed by atoms with Crippen LogP contribution in [0.25, 0.3) is 22.2 Å². The third-order valence-electron chi connectivity index (χ3n) is 9.89. The van der Waals surface area contributed by atoms with Gasteiger partial charge in [-0.05, 0) is 55.7 Å². The summed E-state index contributed by atoms with van der Waals surface area (Å²) in [7, 11) is 1.49. The van der Waals surface area contributed by atoms with Crippen molar-refractivity contribution in [2.45, 2.75) is 50.9 Å². The number of aromatic nitrogens is 3. The molecule has 10 heteroatoms. The molecule has 0 radical (unpaired) electrons. The number of carbonyl (C=O) groups is 2. The highest BCUT2D eigenvalue weighted by Crippen LogP contribution is 2.44. The molecule has 1 saturated heterocycles. The molecule has 1 unspecified atom stereocenters. The topological polar surface area (TPSA) is 113 Å². The van der Waals surface area contributed by atoms with E-state index in [1.807, 2.05) is 99.6 Å². The van der Waals surface area contributed by atoms with Gasteiger partial charge < -0.3 is 24.9 Å². The van der Waals surface area contributed by atoms with Crippen molar-refractivity contribution in [2.24, 2.45) is 0 Å². The van der Waals surface area contributed by atoms with Crippen molar-refractivity contribution >= 4 is 28.6 Å². The number of hydrogen-bond acceptors (Lipinski definition) is 6. The van der Waals surface area contributed by atoms with Crippen molar-refractivity contribution in [3.05, 3.63) is 155 Å². The van der Waals surface area contributed by atoms with Crippen LogP contribution in [0.4, 0.5) is 10.5 Å². The number of amides is 2. The van der Waals surface area contributed by atoms with Gasteiger partial charge in [-0.2, -0.15) is 9.83 Å². The standard InChI is InChI=1S/C43H43N5O5/c1-30-27-31(23-25-47(30)51)38-36-28-35(44-39(49)42(52-5)24-26-46(29-42)40(50)53-41(2,3)4)21-22-37(36)48(45-38)43(32-15-9-6-10-16-32,33-17-11-7-12-18-33)34-19-13-8-14-20-34/h6-23,25,27-28H,24,26,29H2,1-5H3,(H,44,49). The Morgan fingerprint density at radius 3 is 1.96 bits per heavy atom. The summed E-state index contributed by atoms with van der Waals surface area (Å²) in [6, 6.07) is 40.2. The van der Waals surface area contributed by atoms with E-state index in [0.717, 1.165) is 37.9 Å². The zero-order valence-corrected chi connectivity index (χ0v) is 30.6. The molecule has 53 heavy (non-hydrogen) atoms. The number of hydrogen-bond donors (Lipinski definition) is 1. The van der Waals surface area contributed by atoms with E-state index < -0.39 is 22.8 Å². The number of nitrogens with one attached hydrogen (secondary N) is 1. The average molecular weight is 710 g/mol. The second-order valence-electron chi connectivity index (χ2n) is 14.5. The van der Waals surface area contributed by atoms with Crippen molar-refractivity contribution in [2.75, 3.05) is 25.5 Å². The number of fused-ring (bicyclic) bond motifs is 1. The van der Waals surface area contributed by atoms with Gasteiger partial charge in [-0.15, -0.1) is 0 Å². The van der Waals surface area contributed by atoms with Crippen LogP contribution >= 0.6 is 0 Å². The van der Waals surface area contributed by atoms with E-state index >= 15 is 0 Å². The highest BCUT2D eigenvalue weighted by atomic mass is 16.6. The number of aryl methyl sites for hydroxylation is 1. The molecule has 2 aromatic heterocycles. The number of carbonyl (C=O) groups excluding carboxylic acids is 2. The quantitative estimate of drug-likeness (QED) is 0.0999. The first-order valence-corrected chi connectivity index (χ1v) is 17.7. The molecule has 1 aliphatic rings. The lowest BCUT2D eigenvalue weighted by molar-refractivity contribution is -0.612. The number of pyridine rings is 1. The predicted molar refractivity (Wildman–Crippen MR) is 204 cm³/mol. The van der Waals surface area contributed by atoms with Gasteiger partial charge in [-0.3, -0.25) is 4.79 Å². The first-order valence-electron chi connectivity index (χ1n) is 17.7. The zero-order chi connectivity index (χ0) is 37.4. The van der Waals surface area contributed by atoms with Crippen LogP contribution < -0.4 is 10.0 Å². The van der Waals surface area contributed by atoms with Gasteiger partial charge in [0.15, 0.2) is 17.5 Å². The van der Waals surface area contributed by atoms with E-state index in [0.29, 0.717) is 30.0 Å². The zero-order valence-electron chi connectivity index (χ0n) is 30.6. The molecule has 0 spiro atoms. The number of likely N-dealkylation sites (tertiary alicyclic amines) is 1. The predicted octanol–water partition coefficient (Wildman–Crippen LogP) is 7.45. The summed E-state index contributed by atoms with van der Waals surface area (Å²) in [4.78, 5) is 28.4. The number of benzene rings is 4. The van der Waals surface area contributed by atoms with Gasteiger partial charge in [0.1, 0.15) is 16.8 Å². The molecule has 7 rings (SSSR count). The average Bonchev–Trinajstić information content (AvgIpc) is 3.78. The lowest BCUT2D eigenvalue weighted by Gasteiger charge is -2.37. The van der Waals surface area contributed by atoms with Gasteiger partial charge >= 0.3 is 6.09 Å². The Hall–Kier alpha value is -6.00. The Labute approximate surface area is 309 Å².